The molecule has 0 unspecified atom stereocenters. The minimum Gasteiger partial charge on any atom is -0.496 e. The Morgan fingerprint density at radius 3 is 0.930 bits per heavy atom. The number of carbonyl (C=O) groups excluding carboxylic acids is 6. The van der Waals surface area contributed by atoms with Crippen LogP contribution in [0, 0.1) is 10.8 Å². The fraction of sp³-hybridized carbons (Fsp3) is 0.567. The van der Waals surface area contributed by atoms with Gasteiger partial charge in [0.25, 0.3) is 35.4 Å². The summed E-state index contributed by atoms with van der Waals surface area (Å²) in [5, 5.41) is 38.8. The molecule has 2 fully saturated rings. The lowest BCUT2D eigenvalue weighted by Gasteiger charge is -2.30. The third kappa shape index (κ3) is 21.7. The number of hydrogen-bond donors (Lipinski definition) is 12. The van der Waals surface area contributed by atoms with E-state index in [1.807, 2.05) is 38.0 Å². The van der Waals surface area contributed by atoms with Crippen molar-refractivity contribution in [1.29, 1.82) is 10.8 Å². The number of nitrogens with two attached hydrogens (primary N) is 2. The molecule has 0 atom stereocenters. The van der Waals surface area contributed by atoms with Gasteiger partial charge in [-0.1, -0.05) is 0 Å². The van der Waals surface area contributed by atoms with Gasteiger partial charge in [-0.15, -0.1) is 0 Å². The Hall–Kier alpha value is -8.26. The number of likely N-dealkylation sites (N-methyl/N-ethyl adjacent to an activating group) is 2. The van der Waals surface area contributed by atoms with E-state index < -0.39 is 35.4 Å². The predicted molar refractivity (Wildman–Crippen MR) is 328 cm³/mol. The standard InChI is InChI=1S/C60H92N14O12/c1-73(2)27-25-65-53(75)41-31-43(49(83-7)34-47(41)81-5)55(77)69-37-15-19-39(20-16-37)71-57(79)45-33-46(52(86-30-14-10-12-24-68-60(63)64)36-51(45)85-29-13-9-11-23-67-59(61)62)58(80)72-40-21-17-38(18-22-40)70-56(78)44-32-42(48(82-6)35-50(44)84-8)54(76)66-26-28-74(3)4/h31-40H,9-30H2,1-8H3,(H,65,75)(H,66,76)(H,69,77)(H,70,78)(H,71,79)(H,72,80)(H4,61,62,67)(H4,63,64,68)/t37-,38-,39-,40-. The quantitative estimate of drug-likeness (QED) is 0.0232. The van der Waals surface area contributed by atoms with Gasteiger partial charge in [0.05, 0.1) is 75.0 Å². The number of nitrogens with zero attached hydrogens (tertiary/aromatic N) is 2. The van der Waals surface area contributed by atoms with Gasteiger partial charge in [-0.25, -0.2) is 0 Å². The average molecular weight is 1200 g/mol. The maximum Gasteiger partial charge on any atom is 0.255 e. The molecular formula is C60H92N14O12. The lowest BCUT2D eigenvalue weighted by Crippen LogP contribution is -2.44. The highest BCUT2D eigenvalue weighted by atomic mass is 16.5. The topological polar surface area (TPSA) is 360 Å². The highest BCUT2D eigenvalue weighted by Gasteiger charge is 2.31. The van der Waals surface area contributed by atoms with Crippen LogP contribution in [0.15, 0.2) is 36.4 Å². The van der Waals surface area contributed by atoms with Crippen LogP contribution in [0.2, 0.25) is 0 Å². The summed E-state index contributed by atoms with van der Waals surface area (Å²) in [5.41, 5.74) is 11.9. The fourth-order valence-corrected chi connectivity index (χ4v) is 10.1. The van der Waals surface area contributed by atoms with Crippen LogP contribution < -0.4 is 82.4 Å². The summed E-state index contributed by atoms with van der Waals surface area (Å²) in [6.07, 6.45) is 8.33. The van der Waals surface area contributed by atoms with Gasteiger partial charge in [0.15, 0.2) is 11.9 Å². The molecule has 26 heteroatoms. The lowest BCUT2D eigenvalue weighted by atomic mass is 9.90. The second-order valence-electron chi connectivity index (χ2n) is 22.0. The Morgan fingerprint density at radius 1 is 0.395 bits per heavy atom. The van der Waals surface area contributed by atoms with E-state index in [1.54, 1.807) is 6.07 Å². The molecule has 2 aliphatic carbocycles. The SMILES string of the molecule is COc1cc(OC)c(C(=O)N[C@H]2CC[C@H](NC(=O)c3cc(C(=O)N[C@H]4CC[C@H](NC(=O)c5cc(C(=O)NCCN(C)C)c(OC)cc5OC)CC4)c(OCCCCCNC(=N)N)cc3OCCCCCNC(=N)N)CC2)cc1C(=O)NCCN(C)C. The number of nitrogens with one attached hydrogen (secondary N) is 10. The van der Waals surface area contributed by atoms with Crippen molar-refractivity contribution in [3.63, 3.8) is 0 Å². The summed E-state index contributed by atoms with van der Waals surface area (Å²) in [7, 11) is 13.4. The summed E-state index contributed by atoms with van der Waals surface area (Å²) in [5.74, 6) is -1.32. The molecule has 6 amide bonds. The van der Waals surface area contributed by atoms with E-state index in [1.165, 1.54) is 58.8 Å². The zero-order valence-electron chi connectivity index (χ0n) is 51.3. The zero-order chi connectivity index (χ0) is 62.7. The Bertz CT molecular complexity index is 2600. The number of benzene rings is 3. The number of rotatable bonds is 34. The predicted octanol–water partition coefficient (Wildman–Crippen LogP) is 3.31. The monoisotopic (exact) mass is 1200 g/mol. The largest absolute Gasteiger partial charge is 0.496 e. The van der Waals surface area contributed by atoms with Crippen LogP contribution in [0.1, 0.15) is 152 Å². The number of guanidine groups is 2. The molecule has 3 aromatic carbocycles. The van der Waals surface area contributed by atoms with Gasteiger partial charge in [0.1, 0.15) is 34.5 Å². The van der Waals surface area contributed by atoms with Crippen molar-refractivity contribution in [3.8, 4) is 34.5 Å². The summed E-state index contributed by atoms with van der Waals surface area (Å²) in [6, 6.07) is 8.00. The first-order chi connectivity index (χ1) is 41.2. The van der Waals surface area contributed by atoms with E-state index in [2.05, 4.69) is 42.5 Å². The molecule has 3 aromatic rings. The van der Waals surface area contributed by atoms with Crippen LogP contribution in [0.4, 0.5) is 0 Å². The number of hydrogen-bond acceptors (Lipinski definition) is 16. The van der Waals surface area contributed by atoms with Crippen molar-refractivity contribution in [1.82, 2.24) is 52.3 Å². The molecule has 5 rings (SSSR count). The molecule has 0 aromatic heterocycles. The van der Waals surface area contributed by atoms with Gasteiger partial charge in [-0.3, -0.25) is 39.6 Å². The van der Waals surface area contributed by atoms with Crippen molar-refractivity contribution < 1.29 is 57.2 Å². The van der Waals surface area contributed by atoms with Gasteiger partial charge < -0.3 is 92.2 Å². The normalized spacial score (nSPS) is 16.4. The summed E-state index contributed by atoms with van der Waals surface area (Å²) in [6.45, 7) is 3.52. The first kappa shape index (κ1) is 68.5. The lowest BCUT2D eigenvalue weighted by molar-refractivity contribution is 0.0882. The fourth-order valence-electron chi connectivity index (χ4n) is 10.1. The van der Waals surface area contributed by atoms with Gasteiger partial charge in [0.2, 0.25) is 0 Å². The molecule has 2 saturated carbocycles. The smallest absolute Gasteiger partial charge is 0.255 e. The van der Waals surface area contributed by atoms with Gasteiger partial charge >= 0.3 is 0 Å². The van der Waals surface area contributed by atoms with Crippen molar-refractivity contribution in [3.05, 3.63) is 69.8 Å². The second-order valence-corrected chi connectivity index (χ2v) is 22.0. The first-order valence-electron chi connectivity index (χ1n) is 29.5. The molecule has 26 nitrogen and oxygen atoms in total. The Kier molecular flexibility index (Phi) is 28.1. The summed E-state index contributed by atoms with van der Waals surface area (Å²) >= 11 is 0. The van der Waals surface area contributed by atoms with Gasteiger partial charge in [0, 0.05) is 81.6 Å². The third-order valence-electron chi connectivity index (χ3n) is 14.9. The van der Waals surface area contributed by atoms with Crippen molar-refractivity contribution in [2.45, 2.75) is 114 Å². The average Bonchev–Trinajstić information content (AvgIpc) is 1.81. The van der Waals surface area contributed by atoms with E-state index in [-0.39, 0.29) is 117 Å². The Balaban J connectivity index is 1.32. The highest BCUT2D eigenvalue weighted by Crippen LogP contribution is 2.34. The number of carbonyl (C=O) groups is 6. The maximum atomic E-state index is 14.6. The Labute approximate surface area is 504 Å². The van der Waals surface area contributed by atoms with Crippen LogP contribution in [0.25, 0.3) is 0 Å². The van der Waals surface area contributed by atoms with Crippen molar-refractivity contribution in [2.24, 2.45) is 11.5 Å². The van der Waals surface area contributed by atoms with Gasteiger partial charge in [-0.2, -0.15) is 0 Å². The number of ether oxygens (including phenoxy) is 6. The van der Waals surface area contributed by atoms with Crippen LogP contribution in [-0.4, -0.2) is 190 Å². The van der Waals surface area contributed by atoms with E-state index in [0.29, 0.717) is 103 Å². The molecule has 0 spiro atoms. The summed E-state index contributed by atoms with van der Waals surface area (Å²) < 4.78 is 34.8. The van der Waals surface area contributed by atoms with Gasteiger partial charge in [-0.05, 0) is 136 Å². The Morgan fingerprint density at radius 2 is 0.663 bits per heavy atom. The van der Waals surface area contributed by atoms with E-state index in [9.17, 15) is 28.8 Å². The van der Waals surface area contributed by atoms with Crippen molar-refractivity contribution >= 4 is 47.4 Å². The molecule has 2 aliphatic rings. The minimum atomic E-state index is -0.460. The van der Waals surface area contributed by atoms with Crippen LogP contribution >= 0.6 is 0 Å². The zero-order valence-corrected chi connectivity index (χ0v) is 51.3. The summed E-state index contributed by atoms with van der Waals surface area (Å²) in [4.78, 5) is 87.3. The van der Waals surface area contributed by atoms with E-state index >= 15 is 0 Å². The van der Waals surface area contributed by atoms with Crippen LogP contribution in [0.5, 0.6) is 34.5 Å². The number of amides is 6. The third-order valence-corrected chi connectivity index (χ3v) is 14.9. The molecule has 474 valence electrons. The first-order valence-corrected chi connectivity index (χ1v) is 29.5. The molecule has 0 heterocycles. The molecule has 14 N–H and O–H groups in total. The second kappa shape index (κ2) is 35.3. The number of methoxy groups -OCH3 is 4. The molecule has 0 bridgehead atoms. The molecule has 0 radical (unpaired) electrons. The van der Waals surface area contributed by atoms with E-state index in [0.717, 1.165) is 25.7 Å². The van der Waals surface area contributed by atoms with E-state index in [4.69, 9.17) is 50.7 Å². The molecule has 86 heavy (non-hydrogen) atoms. The molecule has 0 saturated heterocycles. The number of unbranched alkanes of at least 4 members (excludes halogenated alkanes) is 4. The van der Waals surface area contributed by atoms with Crippen LogP contribution in [-0.2, 0) is 0 Å². The minimum absolute atomic E-state index is 0.112. The molecular weight excluding hydrogens is 1110 g/mol. The van der Waals surface area contributed by atoms with Crippen LogP contribution in [0.3, 0.4) is 0 Å². The molecule has 0 aliphatic heterocycles. The van der Waals surface area contributed by atoms with Crippen molar-refractivity contribution in [2.75, 3.05) is 109 Å². The maximum absolute atomic E-state index is 14.6. The highest BCUT2D eigenvalue weighted by molar-refractivity contribution is 6.05.